The fourth-order valence-electron chi connectivity index (χ4n) is 1.53. The van der Waals surface area contributed by atoms with Gasteiger partial charge in [0.05, 0.1) is 0 Å². The maximum atomic E-state index is 4.24. The summed E-state index contributed by atoms with van der Waals surface area (Å²) in [6.07, 6.45) is 0. The Labute approximate surface area is 113 Å². The van der Waals surface area contributed by atoms with Crippen LogP contribution in [0.3, 0.4) is 0 Å². The third kappa shape index (κ3) is 3.12. The molecule has 0 spiro atoms. The molecule has 0 aliphatic heterocycles. The molecule has 90 valence electrons. The molecule has 17 heavy (non-hydrogen) atoms. The lowest BCUT2D eigenvalue weighted by Crippen LogP contribution is -2.11. The van der Waals surface area contributed by atoms with E-state index in [1.807, 2.05) is 6.07 Å². The van der Waals surface area contributed by atoms with Crippen molar-refractivity contribution in [2.45, 2.75) is 20.4 Å². The first-order valence-electron chi connectivity index (χ1n) is 5.50. The molecule has 0 fully saturated rings. The average Bonchev–Trinajstić information content (AvgIpc) is 2.75. The first-order chi connectivity index (χ1) is 8.20. The largest absolute Gasteiger partial charge is 0.311 e. The minimum Gasteiger partial charge on any atom is -0.311 e. The summed E-state index contributed by atoms with van der Waals surface area (Å²) in [6.45, 7) is 5.92. The SMILES string of the molecule is CCNCc1nnc(-c2ccc(Br)cc2C)s1. The molecule has 0 radical (unpaired) electrons. The van der Waals surface area contributed by atoms with E-state index in [0.29, 0.717) is 0 Å². The molecule has 1 aromatic heterocycles. The first kappa shape index (κ1) is 12.7. The van der Waals surface area contributed by atoms with Crippen LogP contribution in [0.5, 0.6) is 0 Å². The van der Waals surface area contributed by atoms with Crippen LogP contribution in [0.25, 0.3) is 10.6 Å². The van der Waals surface area contributed by atoms with Gasteiger partial charge in [0.1, 0.15) is 10.0 Å². The molecular formula is C12H14BrN3S. The molecule has 0 aliphatic rings. The number of nitrogens with zero attached hydrogens (tertiary/aromatic N) is 2. The molecule has 5 heteroatoms. The van der Waals surface area contributed by atoms with Crippen LogP contribution in [0.4, 0.5) is 0 Å². The third-order valence-electron chi connectivity index (χ3n) is 2.41. The second-order valence-corrected chi connectivity index (χ2v) is 5.72. The number of hydrogen-bond donors (Lipinski definition) is 1. The number of aromatic nitrogens is 2. The summed E-state index contributed by atoms with van der Waals surface area (Å²) in [5.41, 5.74) is 2.37. The highest BCUT2D eigenvalue weighted by atomic mass is 79.9. The van der Waals surface area contributed by atoms with Crippen molar-refractivity contribution < 1.29 is 0 Å². The van der Waals surface area contributed by atoms with Crippen LogP contribution in [-0.4, -0.2) is 16.7 Å². The standard InChI is InChI=1S/C12H14BrN3S/c1-3-14-7-11-15-16-12(17-11)10-5-4-9(13)6-8(10)2/h4-6,14H,3,7H2,1-2H3. The maximum Gasteiger partial charge on any atom is 0.148 e. The molecule has 0 bridgehead atoms. The molecule has 0 unspecified atom stereocenters. The molecular weight excluding hydrogens is 298 g/mol. The number of hydrogen-bond acceptors (Lipinski definition) is 4. The summed E-state index contributed by atoms with van der Waals surface area (Å²) in [7, 11) is 0. The van der Waals surface area contributed by atoms with Crippen molar-refractivity contribution in [3.8, 4) is 10.6 Å². The van der Waals surface area contributed by atoms with Crippen molar-refractivity contribution in [2.24, 2.45) is 0 Å². The highest BCUT2D eigenvalue weighted by Gasteiger charge is 2.08. The zero-order valence-corrected chi connectivity index (χ0v) is 12.2. The Morgan fingerprint density at radius 1 is 1.35 bits per heavy atom. The molecule has 0 saturated carbocycles. The quantitative estimate of drug-likeness (QED) is 0.940. The molecule has 0 saturated heterocycles. The van der Waals surface area contributed by atoms with Crippen molar-refractivity contribution in [1.82, 2.24) is 15.5 Å². The fourth-order valence-corrected chi connectivity index (χ4v) is 2.91. The first-order valence-corrected chi connectivity index (χ1v) is 7.11. The summed E-state index contributed by atoms with van der Waals surface area (Å²) >= 11 is 5.11. The zero-order valence-electron chi connectivity index (χ0n) is 9.83. The van der Waals surface area contributed by atoms with Crippen LogP contribution in [0.2, 0.25) is 0 Å². The zero-order chi connectivity index (χ0) is 12.3. The normalized spacial score (nSPS) is 10.8. The predicted octanol–water partition coefficient (Wildman–Crippen LogP) is 3.39. The topological polar surface area (TPSA) is 37.8 Å². The lowest BCUT2D eigenvalue weighted by molar-refractivity contribution is 0.715. The van der Waals surface area contributed by atoms with Gasteiger partial charge in [0.25, 0.3) is 0 Å². The van der Waals surface area contributed by atoms with Gasteiger partial charge in [-0.05, 0) is 31.2 Å². The Kier molecular flexibility index (Phi) is 4.25. The van der Waals surface area contributed by atoms with Crippen LogP contribution in [0.1, 0.15) is 17.5 Å². The summed E-state index contributed by atoms with van der Waals surface area (Å²) < 4.78 is 1.09. The van der Waals surface area contributed by atoms with Gasteiger partial charge in [0, 0.05) is 16.6 Å². The fraction of sp³-hybridized carbons (Fsp3) is 0.333. The summed E-state index contributed by atoms with van der Waals surface area (Å²) in [5, 5.41) is 13.7. The monoisotopic (exact) mass is 311 g/mol. The number of nitrogens with one attached hydrogen (secondary N) is 1. The second-order valence-electron chi connectivity index (χ2n) is 3.74. The van der Waals surface area contributed by atoms with Crippen LogP contribution in [-0.2, 0) is 6.54 Å². The highest BCUT2D eigenvalue weighted by Crippen LogP contribution is 2.28. The Hall–Kier alpha value is -0.780. The van der Waals surface area contributed by atoms with Gasteiger partial charge in [0.15, 0.2) is 0 Å². The van der Waals surface area contributed by atoms with Crippen LogP contribution in [0, 0.1) is 6.92 Å². The van der Waals surface area contributed by atoms with E-state index in [1.165, 1.54) is 5.56 Å². The number of halogens is 1. The Balaban J connectivity index is 2.24. The molecule has 2 aromatic rings. The van der Waals surface area contributed by atoms with Crippen molar-refractivity contribution in [3.63, 3.8) is 0 Å². The molecule has 0 amide bonds. The Morgan fingerprint density at radius 2 is 2.18 bits per heavy atom. The van der Waals surface area contributed by atoms with Crippen LogP contribution >= 0.6 is 27.3 Å². The molecule has 3 nitrogen and oxygen atoms in total. The predicted molar refractivity (Wildman–Crippen MR) is 75.2 cm³/mol. The number of aryl methyl sites for hydroxylation is 1. The van der Waals surface area contributed by atoms with E-state index in [2.05, 4.69) is 57.4 Å². The van der Waals surface area contributed by atoms with E-state index in [0.717, 1.165) is 33.1 Å². The number of benzene rings is 1. The van der Waals surface area contributed by atoms with E-state index in [4.69, 9.17) is 0 Å². The van der Waals surface area contributed by atoms with Gasteiger partial charge < -0.3 is 5.32 Å². The van der Waals surface area contributed by atoms with Gasteiger partial charge >= 0.3 is 0 Å². The molecule has 0 atom stereocenters. The van der Waals surface area contributed by atoms with Crippen molar-refractivity contribution in [2.75, 3.05) is 6.54 Å². The molecule has 1 aromatic carbocycles. The van der Waals surface area contributed by atoms with Gasteiger partial charge in [-0.15, -0.1) is 10.2 Å². The third-order valence-corrected chi connectivity index (χ3v) is 3.86. The van der Waals surface area contributed by atoms with E-state index in [9.17, 15) is 0 Å². The minimum atomic E-state index is 0.795. The average molecular weight is 312 g/mol. The van der Waals surface area contributed by atoms with Crippen molar-refractivity contribution >= 4 is 27.3 Å². The van der Waals surface area contributed by atoms with Crippen molar-refractivity contribution in [3.05, 3.63) is 33.2 Å². The highest BCUT2D eigenvalue weighted by molar-refractivity contribution is 9.10. The molecule has 1 N–H and O–H groups in total. The molecule has 0 aliphatic carbocycles. The minimum absolute atomic E-state index is 0.795. The van der Waals surface area contributed by atoms with Gasteiger partial charge in [-0.3, -0.25) is 0 Å². The van der Waals surface area contributed by atoms with Crippen LogP contribution in [0.15, 0.2) is 22.7 Å². The van der Waals surface area contributed by atoms with Crippen LogP contribution < -0.4 is 5.32 Å². The Bertz CT molecular complexity index is 510. The van der Waals surface area contributed by atoms with E-state index in [1.54, 1.807) is 11.3 Å². The number of rotatable bonds is 4. The van der Waals surface area contributed by atoms with Gasteiger partial charge in [-0.1, -0.05) is 40.3 Å². The lowest BCUT2D eigenvalue weighted by atomic mass is 10.1. The van der Waals surface area contributed by atoms with Gasteiger partial charge in [-0.2, -0.15) is 0 Å². The Morgan fingerprint density at radius 3 is 2.88 bits per heavy atom. The van der Waals surface area contributed by atoms with E-state index >= 15 is 0 Å². The lowest BCUT2D eigenvalue weighted by Gasteiger charge is -2.01. The summed E-state index contributed by atoms with van der Waals surface area (Å²) in [4.78, 5) is 0. The van der Waals surface area contributed by atoms with Gasteiger partial charge in [0.2, 0.25) is 0 Å². The molecule has 2 rings (SSSR count). The van der Waals surface area contributed by atoms with E-state index < -0.39 is 0 Å². The molecule has 1 heterocycles. The smallest absolute Gasteiger partial charge is 0.148 e. The second kappa shape index (κ2) is 5.71. The van der Waals surface area contributed by atoms with Crippen molar-refractivity contribution in [1.29, 1.82) is 0 Å². The summed E-state index contributed by atoms with van der Waals surface area (Å²) in [5.74, 6) is 0. The van der Waals surface area contributed by atoms with E-state index in [-0.39, 0.29) is 0 Å². The summed E-state index contributed by atoms with van der Waals surface area (Å²) in [6, 6.07) is 6.21. The van der Waals surface area contributed by atoms with Gasteiger partial charge in [-0.25, -0.2) is 0 Å². The maximum absolute atomic E-state index is 4.24.